The van der Waals surface area contributed by atoms with E-state index in [0.29, 0.717) is 25.8 Å². The van der Waals surface area contributed by atoms with E-state index in [0.717, 1.165) is 0 Å². The van der Waals surface area contributed by atoms with Gasteiger partial charge >= 0.3 is 5.97 Å². The molecule has 0 heterocycles. The number of carbonyl (C=O) groups is 4. The molecule has 3 amide bonds. The average molecular weight is 547 g/mol. The number of nitrogens with two attached hydrogens (primary N) is 5. The Labute approximate surface area is 222 Å². The number of nitrogens with one attached hydrogen (secondary N) is 3. The Kier molecular flexibility index (Phi) is 16.5. The summed E-state index contributed by atoms with van der Waals surface area (Å²) in [5.74, 6) is -3.78. The lowest BCUT2D eigenvalue weighted by molar-refractivity contribution is -0.143. The maximum absolute atomic E-state index is 12.9. The maximum Gasteiger partial charge on any atom is 0.326 e. The summed E-state index contributed by atoms with van der Waals surface area (Å²) in [6.45, 7) is 3.98. The van der Waals surface area contributed by atoms with Gasteiger partial charge in [-0.2, -0.15) is 12.6 Å². The Hall–Kier alpha value is -3.27. The third kappa shape index (κ3) is 14.2. The molecule has 5 unspecified atom stereocenters. The fraction of sp³-hybridized carbons (Fsp3) is 0.714. The lowest BCUT2D eigenvalue weighted by atomic mass is 9.98. The first kappa shape index (κ1) is 33.7. The Morgan fingerprint density at radius 3 is 1.78 bits per heavy atom. The highest BCUT2D eigenvalue weighted by Crippen LogP contribution is 2.09. The van der Waals surface area contributed by atoms with Crippen LogP contribution in [0.1, 0.15) is 46.0 Å². The molecule has 0 aromatic carbocycles. The number of nitrogens with zero attached hydrogens (tertiary/aromatic N) is 2. The molecule has 0 fully saturated rings. The molecule has 0 spiro atoms. The van der Waals surface area contributed by atoms with Gasteiger partial charge in [0.2, 0.25) is 17.7 Å². The monoisotopic (exact) mass is 546 g/mol. The molecule has 0 saturated carbocycles. The van der Waals surface area contributed by atoms with Crippen LogP contribution in [0.15, 0.2) is 9.98 Å². The highest BCUT2D eigenvalue weighted by atomic mass is 32.1. The number of hydrogen-bond acceptors (Lipinski definition) is 8. The number of aliphatic carboxylic acids is 1. The first-order valence-corrected chi connectivity index (χ1v) is 12.6. The lowest BCUT2D eigenvalue weighted by Gasteiger charge is -2.26. The van der Waals surface area contributed by atoms with Crippen LogP contribution >= 0.6 is 12.6 Å². The lowest BCUT2D eigenvalue weighted by Crippen LogP contribution is -2.58. The Morgan fingerprint density at radius 2 is 1.32 bits per heavy atom. The summed E-state index contributed by atoms with van der Waals surface area (Å²) in [7, 11) is 0. The van der Waals surface area contributed by atoms with Crippen molar-refractivity contribution in [2.24, 2.45) is 44.6 Å². The van der Waals surface area contributed by atoms with Gasteiger partial charge < -0.3 is 49.7 Å². The summed E-state index contributed by atoms with van der Waals surface area (Å²) < 4.78 is 0. The molecule has 5 atom stereocenters. The SMILES string of the molecule is CCC(C)C(NC(=O)C(CCCN=C(N)N)NC(=O)C(CS)NC(=O)C(N)CCCN=C(N)N)C(=O)O. The first-order chi connectivity index (χ1) is 17.3. The van der Waals surface area contributed by atoms with Crippen molar-refractivity contribution in [3.8, 4) is 0 Å². The van der Waals surface area contributed by atoms with Crippen LogP contribution in [0.25, 0.3) is 0 Å². The number of thiol groups is 1. The number of amides is 3. The number of carboxylic acid groups (broad SMARTS) is 1. The van der Waals surface area contributed by atoms with Crippen LogP contribution in [0.4, 0.5) is 0 Å². The molecule has 0 aliphatic heterocycles. The summed E-state index contributed by atoms with van der Waals surface area (Å²) >= 11 is 4.12. The molecular formula is C21H42N10O5S. The Bertz CT molecular complexity index is 818. The average Bonchev–Trinajstić information content (AvgIpc) is 2.83. The van der Waals surface area contributed by atoms with Crippen molar-refractivity contribution in [1.29, 1.82) is 0 Å². The van der Waals surface area contributed by atoms with Gasteiger partial charge in [-0.05, 0) is 31.6 Å². The molecular weight excluding hydrogens is 504 g/mol. The van der Waals surface area contributed by atoms with Crippen LogP contribution in [0.2, 0.25) is 0 Å². The normalized spacial score (nSPS) is 14.7. The molecule has 14 N–H and O–H groups in total. The van der Waals surface area contributed by atoms with Gasteiger partial charge in [-0.3, -0.25) is 24.4 Å². The van der Waals surface area contributed by atoms with Crippen LogP contribution in [-0.2, 0) is 19.2 Å². The Morgan fingerprint density at radius 1 is 0.838 bits per heavy atom. The van der Waals surface area contributed by atoms with Gasteiger partial charge in [0.05, 0.1) is 6.04 Å². The molecule has 0 aromatic heterocycles. The summed E-state index contributed by atoms with van der Waals surface area (Å²) in [6, 6.07) is -4.28. The zero-order valence-corrected chi connectivity index (χ0v) is 22.2. The molecule has 212 valence electrons. The standard InChI is InChI=1S/C21H42N10O5S/c1-3-11(2)15(19(35)36)31-17(33)13(7-5-9-28-21(25)26)29-18(34)14(10-37)30-16(32)12(22)6-4-8-27-20(23)24/h11-15,37H,3-10,22H2,1-2H3,(H,29,34)(H,30,32)(H,31,33)(H,35,36)(H4,23,24,27)(H4,25,26,28). The van der Waals surface area contributed by atoms with E-state index < -0.39 is 47.9 Å². The zero-order valence-electron chi connectivity index (χ0n) is 21.4. The largest absolute Gasteiger partial charge is 0.480 e. The summed E-state index contributed by atoms with van der Waals surface area (Å²) in [4.78, 5) is 57.6. The van der Waals surface area contributed by atoms with Crippen LogP contribution in [0, 0.1) is 5.92 Å². The van der Waals surface area contributed by atoms with E-state index in [1.54, 1.807) is 13.8 Å². The second-order valence-electron chi connectivity index (χ2n) is 8.52. The van der Waals surface area contributed by atoms with Crippen LogP contribution in [0.3, 0.4) is 0 Å². The minimum atomic E-state index is -1.19. The van der Waals surface area contributed by atoms with Crippen molar-refractivity contribution < 1.29 is 24.3 Å². The van der Waals surface area contributed by atoms with Gasteiger partial charge in [-0.15, -0.1) is 0 Å². The molecule has 0 aromatic rings. The smallest absolute Gasteiger partial charge is 0.326 e. The summed E-state index contributed by atoms with van der Waals surface area (Å²) in [6.07, 6.45) is 1.65. The molecule has 37 heavy (non-hydrogen) atoms. The molecule has 0 aliphatic rings. The number of carboxylic acids is 1. The van der Waals surface area contributed by atoms with E-state index in [2.05, 4.69) is 38.6 Å². The van der Waals surface area contributed by atoms with Gasteiger partial charge in [0, 0.05) is 18.8 Å². The molecule has 0 rings (SSSR count). The van der Waals surface area contributed by atoms with Gasteiger partial charge in [-0.1, -0.05) is 20.3 Å². The predicted octanol–water partition coefficient (Wildman–Crippen LogP) is -3.06. The van der Waals surface area contributed by atoms with E-state index >= 15 is 0 Å². The van der Waals surface area contributed by atoms with Crippen molar-refractivity contribution in [1.82, 2.24) is 16.0 Å². The first-order valence-electron chi connectivity index (χ1n) is 11.9. The number of rotatable bonds is 18. The minimum Gasteiger partial charge on any atom is -0.480 e. The van der Waals surface area contributed by atoms with Gasteiger partial charge in [0.15, 0.2) is 11.9 Å². The van der Waals surface area contributed by atoms with Gasteiger partial charge in [0.25, 0.3) is 0 Å². The predicted molar refractivity (Wildman–Crippen MR) is 145 cm³/mol. The van der Waals surface area contributed by atoms with Crippen molar-refractivity contribution in [2.75, 3.05) is 18.8 Å². The van der Waals surface area contributed by atoms with Crippen molar-refractivity contribution in [3.63, 3.8) is 0 Å². The molecule has 16 heteroatoms. The van der Waals surface area contributed by atoms with Crippen LogP contribution in [0.5, 0.6) is 0 Å². The van der Waals surface area contributed by atoms with Gasteiger partial charge in [0.1, 0.15) is 18.1 Å². The number of carbonyl (C=O) groups excluding carboxylic acids is 3. The Balaban J connectivity index is 5.35. The van der Waals surface area contributed by atoms with Crippen LogP contribution in [-0.4, -0.2) is 83.7 Å². The van der Waals surface area contributed by atoms with Crippen LogP contribution < -0.4 is 44.6 Å². The number of aliphatic imine (C=N–C) groups is 2. The zero-order chi connectivity index (χ0) is 28.5. The van der Waals surface area contributed by atoms with E-state index in [9.17, 15) is 24.3 Å². The third-order valence-corrected chi connectivity index (χ3v) is 5.84. The second kappa shape index (κ2) is 18.0. The minimum absolute atomic E-state index is 0.0689. The molecule has 0 saturated heterocycles. The fourth-order valence-corrected chi connectivity index (χ4v) is 3.36. The van der Waals surface area contributed by atoms with E-state index in [1.807, 2.05) is 0 Å². The number of guanidine groups is 2. The number of hydrogen-bond donors (Lipinski definition) is 10. The summed E-state index contributed by atoms with van der Waals surface area (Å²) in [5.41, 5.74) is 27.0. The van der Waals surface area contributed by atoms with Crippen molar-refractivity contribution in [2.45, 2.75) is 70.1 Å². The van der Waals surface area contributed by atoms with E-state index in [1.165, 1.54) is 0 Å². The second-order valence-corrected chi connectivity index (χ2v) is 8.88. The quantitative estimate of drug-likeness (QED) is 0.0358. The van der Waals surface area contributed by atoms with E-state index in [4.69, 9.17) is 28.7 Å². The molecule has 15 nitrogen and oxygen atoms in total. The van der Waals surface area contributed by atoms with Crippen molar-refractivity contribution >= 4 is 48.2 Å². The molecule has 0 bridgehead atoms. The van der Waals surface area contributed by atoms with Gasteiger partial charge in [-0.25, -0.2) is 4.79 Å². The van der Waals surface area contributed by atoms with E-state index in [-0.39, 0.29) is 43.0 Å². The fourth-order valence-electron chi connectivity index (χ4n) is 3.10. The van der Waals surface area contributed by atoms with Crippen molar-refractivity contribution in [3.05, 3.63) is 0 Å². The molecule has 0 radical (unpaired) electrons. The molecule has 0 aliphatic carbocycles. The highest BCUT2D eigenvalue weighted by molar-refractivity contribution is 7.80. The topological polar surface area (TPSA) is 279 Å². The third-order valence-electron chi connectivity index (χ3n) is 5.48. The summed E-state index contributed by atoms with van der Waals surface area (Å²) in [5, 5.41) is 17.1. The highest BCUT2D eigenvalue weighted by Gasteiger charge is 2.31. The maximum atomic E-state index is 12.9.